The molecule has 0 bridgehead atoms. The number of anilines is 1. The van der Waals surface area contributed by atoms with Gasteiger partial charge >= 0.3 is 0 Å². The highest BCUT2D eigenvalue weighted by atomic mass is 35.5. The Morgan fingerprint density at radius 2 is 1.35 bits per heavy atom. The summed E-state index contributed by atoms with van der Waals surface area (Å²) in [5.41, 5.74) is 0.371. The summed E-state index contributed by atoms with van der Waals surface area (Å²) in [5.74, 6) is 0. The third-order valence-electron chi connectivity index (χ3n) is 2.37. The number of rotatable bonds is 3. The number of hydrogen-bond donors (Lipinski definition) is 1. The summed E-state index contributed by atoms with van der Waals surface area (Å²) in [6.45, 7) is 0. The van der Waals surface area contributed by atoms with Crippen LogP contribution in [0, 0.1) is 0 Å². The van der Waals surface area contributed by atoms with Crippen LogP contribution in [0.15, 0.2) is 41.3 Å². The van der Waals surface area contributed by atoms with Gasteiger partial charge in [-0.1, -0.05) is 64.6 Å². The topological polar surface area (TPSA) is 46.2 Å². The Balaban J connectivity index is 2.56. The van der Waals surface area contributed by atoms with E-state index >= 15 is 0 Å². The van der Waals surface area contributed by atoms with Gasteiger partial charge < -0.3 is 0 Å². The number of halogens is 4. The Kier molecular flexibility index (Phi) is 4.72. The maximum atomic E-state index is 12.4. The summed E-state index contributed by atoms with van der Waals surface area (Å²) >= 11 is 23.5. The van der Waals surface area contributed by atoms with E-state index in [0.29, 0.717) is 5.69 Å². The normalized spacial score (nSPS) is 11.4. The first kappa shape index (κ1) is 15.7. The predicted octanol–water partition coefficient (Wildman–Crippen LogP) is 5.10. The second-order valence-corrected chi connectivity index (χ2v) is 6.96. The van der Waals surface area contributed by atoms with Crippen molar-refractivity contribution in [2.45, 2.75) is 4.90 Å². The van der Waals surface area contributed by atoms with Gasteiger partial charge in [0, 0.05) is 5.69 Å². The number of para-hydroxylation sites is 1. The quantitative estimate of drug-likeness (QED) is 0.763. The van der Waals surface area contributed by atoms with Crippen LogP contribution in [0.25, 0.3) is 0 Å². The van der Waals surface area contributed by atoms with Gasteiger partial charge in [0.05, 0.1) is 20.1 Å². The van der Waals surface area contributed by atoms with Gasteiger partial charge in [-0.05, 0) is 18.2 Å². The second kappa shape index (κ2) is 6.00. The molecule has 0 radical (unpaired) electrons. The summed E-state index contributed by atoms with van der Waals surface area (Å²) in [7, 11) is -4.00. The van der Waals surface area contributed by atoms with Crippen molar-refractivity contribution in [1.29, 1.82) is 0 Å². The molecule has 0 amide bonds. The molecule has 0 fully saturated rings. The minimum Gasteiger partial charge on any atom is -0.280 e. The van der Waals surface area contributed by atoms with Crippen molar-refractivity contribution >= 4 is 62.1 Å². The van der Waals surface area contributed by atoms with Crippen molar-refractivity contribution in [2.24, 2.45) is 0 Å². The van der Waals surface area contributed by atoms with Crippen LogP contribution in [0.4, 0.5) is 5.69 Å². The van der Waals surface area contributed by atoms with E-state index < -0.39 is 10.0 Å². The zero-order chi connectivity index (χ0) is 14.9. The fourth-order valence-electron chi connectivity index (χ4n) is 1.50. The van der Waals surface area contributed by atoms with Crippen molar-refractivity contribution in [3.8, 4) is 0 Å². The summed E-state index contributed by atoms with van der Waals surface area (Å²) in [5, 5.41) is -0.335. The molecule has 2 aromatic rings. The van der Waals surface area contributed by atoms with Gasteiger partial charge in [-0.3, -0.25) is 4.72 Å². The molecule has 0 aliphatic carbocycles. The van der Waals surface area contributed by atoms with Crippen LogP contribution < -0.4 is 4.72 Å². The van der Waals surface area contributed by atoms with Crippen LogP contribution >= 0.6 is 46.4 Å². The molecule has 0 heterocycles. The monoisotopic (exact) mass is 369 g/mol. The Morgan fingerprint density at radius 3 is 1.85 bits per heavy atom. The molecule has 2 aromatic carbocycles. The van der Waals surface area contributed by atoms with Crippen LogP contribution in [0.1, 0.15) is 0 Å². The molecule has 3 nitrogen and oxygen atoms in total. The molecule has 8 heteroatoms. The summed E-state index contributed by atoms with van der Waals surface area (Å²) in [6, 6.07) is 9.60. The summed E-state index contributed by atoms with van der Waals surface area (Å²) < 4.78 is 27.1. The highest BCUT2D eigenvalue weighted by Crippen LogP contribution is 2.40. The molecule has 0 unspecified atom stereocenters. The van der Waals surface area contributed by atoms with Crippen molar-refractivity contribution in [3.05, 3.63) is 56.5 Å². The smallest absolute Gasteiger partial charge is 0.264 e. The van der Waals surface area contributed by atoms with Crippen molar-refractivity contribution in [1.82, 2.24) is 0 Å². The first-order valence-electron chi connectivity index (χ1n) is 5.24. The Bertz CT molecular complexity index is 722. The van der Waals surface area contributed by atoms with Crippen LogP contribution in [0.3, 0.4) is 0 Å². The van der Waals surface area contributed by atoms with E-state index in [1.165, 1.54) is 6.07 Å². The number of nitrogens with one attached hydrogen (secondary N) is 1. The molecule has 20 heavy (non-hydrogen) atoms. The average molecular weight is 371 g/mol. The predicted molar refractivity (Wildman–Crippen MR) is 83.7 cm³/mol. The van der Waals surface area contributed by atoms with Gasteiger partial charge in [0.2, 0.25) is 0 Å². The highest BCUT2D eigenvalue weighted by Gasteiger charge is 2.25. The zero-order valence-electron chi connectivity index (χ0n) is 9.70. The lowest BCUT2D eigenvalue weighted by Gasteiger charge is -2.12. The van der Waals surface area contributed by atoms with E-state index in [2.05, 4.69) is 4.72 Å². The molecule has 0 aliphatic heterocycles. The van der Waals surface area contributed by atoms with E-state index in [9.17, 15) is 8.42 Å². The van der Waals surface area contributed by atoms with Crippen LogP contribution in [0.2, 0.25) is 20.1 Å². The largest absolute Gasteiger partial charge is 0.280 e. The van der Waals surface area contributed by atoms with Crippen LogP contribution in [-0.4, -0.2) is 8.42 Å². The maximum absolute atomic E-state index is 12.4. The maximum Gasteiger partial charge on any atom is 0.264 e. The molecule has 0 saturated carbocycles. The number of benzene rings is 2. The van der Waals surface area contributed by atoms with Gasteiger partial charge in [0.1, 0.15) is 4.90 Å². The highest BCUT2D eigenvalue weighted by molar-refractivity contribution is 7.93. The fourth-order valence-corrected chi connectivity index (χ4v) is 4.27. The SMILES string of the molecule is O=S(=O)(Nc1ccccc1)c1c(Cl)c(Cl)cc(Cl)c1Cl. The van der Waals surface area contributed by atoms with Crippen molar-refractivity contribution < 1.29 is 8.42 Å². The number of sulfonamides is 1. The van der Waals surface area contributed by atoms with E-state index in [1.807, 2.05) is 0 Å². The zero-order valence-corrected chi connectivity index (χ0v) is 13.5. The second-order valence-electron chi connectivity index (χ2n) is 3.77. The van der Waals surface area contributed by atoms with Gasteiger partial charge in [-0.15, -0.1) is 0 Å². The molecule has 106 valence electrons. The lowest BCUT2D eigenvalue weighted by molar-refractivity contribution is 0.601. The molecule has 0 aromatic heterocycles. The van der Waals surface area contributed by atoms with Crippen LogP contribution in [-0.2, 0) is 10.0 Å². The van der Waals surface area contributed by atoms with E-state index in [-0.39, 0.29) is 25.0 Å². The Labute approximate surface area is 136 Å². The number of hydrogen-bond acceptors (Lipinski definition) is 2. The molecule has 1 N–H and O–H groups in total. The van der Waals surface area contributed by atoms with Crippen molar-refractivity contribution in [3.63, 3.8) is 0 Å². The standard InChI is InChI=1S/C12H7Cl4NO2S/c13-8-6-9(14)11(16)12(10(8)15)20(18,19)17-7-4-2-1-3-5-7/h1-6,17H. The average Bonchev–Trinajstić information content (AvgIpc) is 2.37. The summed E-state index contributed by atoms with van der Waals surface area (Å²) in [4.78, 5) is -0.345. The Hall–Kier alpha value is -0.650. The molecular formula is C12H7Cl4NO2S. The van der Waals surface area contributed by atoms with Gasteiger partial charge in [-0.25, -0.2) is 8.42 Å². The molecule has 0 aliphatic rings. The lowest BCUT2D eigenvalue weighted by Crippen LogP contribution is -2.14. The van der Waals surface area contributed by atoms with Gasteiger partial charge in [0.15, 0.2) is 0 Å². The van der Waals surface area contributed by atoms with E-state index in [1.54, 1.807) is 30.3 Å². The lowest BCUT2D eigenvalue weighted by atomic mass is 10.3. The van der Waals surface area contributed by atoms with Gasteiger partial charge in [-0.2, -0.15) is 0 Å². The van der Waals surface area contributed by atoms with Crippen LogP contribution in [0.5, 0.6) is 0 Å². The third kappa shape index (κ3) is 3.15. The first-order valence-corrected chi connectivity index (χ1v) is 8.23. The first-order chi connectivity index (χ1) is 9.33. The van der Waals surface area contributed by atoms with E-state index in [4.69, 9.17) is 46.4 Å². The van der Waals surface area contributed by atoms with E-state index in [0.717, 1.165) is 0 Å². The molecule has 0 spiro atoms. The third-order valence-corrected chi connectivity index (χ3v) is 5.62. The molecule has 2 rings (SSSR count). The minimum atomic E-state index is -4.00. The summed E-state index contributed by atoms with van der Waals surface area (Å²) in [6.07, 6.45) is 0. The molecule has 0 atom stereocenters. The minimum absolute atomic E-state index is 0.00880. The molecular weight excluding hydrogens is 364 g/mol. The molecule has 0 saturated heterocycles. The van der Waals surface area contributed by atoms with Crippen molar-refractivity contribution in [2.75, 3.05) is 4.72 Å². The van der Waals surface area contributed by atoms with Gasteiger partial charge in [0.25, 0.3) is 10.0 Å². The fraction of sp³-hybridized carbons (Fsp3) is 0. The Morgan fingerprint density at radius 1 is 0.850 bits per heavy atom.